The highest BCUT2D eigenvalue weighted by molar-refractivity contribution is 7.09. The Kier molecular flexibility index (Phi) is 6.88. The largest absolute Gasteiger partial charge is 0.481 e. The van der Waals surface area contributed by atoms with Crippen molar-refractivity contribution in [2.24, 2.45) is 0 Å². The van der Waals surface area contributed by atoms with Crippen molar-refractivity contribution in [3.05, 3.63) is 16.1 Å². The first-order chi connectivity index (χ1) is 9.08. The number of nitrogens with zero attached hydrogens (tertiary/aromatic N) is 1. The number of hydrogen-bond acceptors (Lipinski definition) is 4. The van der Waals surface area contributed by atoms with Crippen LogP contribution in [0.5, 0.6) is 0 Å². The molecule has 0 radical (unpaired) electrons. The van der Waals surface area contributed by atoms with Crippen molar-refractivity contribution in [3.8, 4) is 0 Å². The number of aliphatic carboxylic acids is 1. The number of amides is 2. The zero-order chi connectivity index (χ0) is 14.1. The summed E-state index contributed by atoms with van der Waals surface area (Å²) in [4.78, 5) is 26.0. The molecule has 2 amide bonds. The number of carbonyl (C=O) groups excluding carboxylic acids is 1. The van der Waals surface area contributed by atoms with Gasteiger partial charge in [0.1, 0.15) is 0 Å². The number of aryl methyl sites for hydroxylation is 1. The van der Waals surface area contributed by atoms with Gasteiger partial charge in [-0.15, -0.1) is 11.3 Å². The summed E-state index contributed by atoms with van der Waals surface area (Å²) in [6.45, 7) is 2.99. The van der Waals surface area contributed by atoms with Crippen molar-refractivity contribution >= 4 is 23.3 Å². The van der Waals surface area contributed by atoms with Gasteiger partial charge < -0.3 is 15.7 Å². The van der Waals surface area contributed by atoms with Crippen LogP contribution in [0.4, 0.5) is 4.79 Å². The van der Waals surface area contributed by atoms with Crippen LogP contribution in [0.1, 0.15) is 30.0 Å². The van der Waals surface area contributed by atoms with Gasteiger partial charge in [-0.3, -0.25) is 4.79 Å². The third-order valence-electron chi connectivity index (χ3n) is 2.44. The first-order valence-electron chi connectivity index (χ1n) is 6.22. The van der Waals surface area contributed by atoms with Crippen molar-refractivity contribution < 1.29 is 14.7 Å². The van der Waals surface area contributed by atoms with Crippen LogP contribution in [0.3, 0.4) is 0 Å². The number of carboxylic acids is 1. The monoisotopic (exact) mass is 285 g/mol. The molecule has 0 unspecified atom stereocenters. The molecule has 1 heterocycles. The van der Waals surface area contributed by atoms with E-state index < -0.39 is 5.97 Å². The average molecular weight is 285 g/mol. The SMILES string of the molecule is Cc1nc(CCNC(=O)NCCCCC(=O)O)cs1. The van der Waals surface area contributed by atoms with E-state index in [2.05, 4.69) is 15.6 Å². The number of aromatic nitrogens is 1. The third kappa shape index (κ3) is 7.40. The Labute approximate surface area is 116 Å². The topological polar surface area (TPSA) is 91.3 Å². The average Bonchev–Trinajstić information content (AvgIpc) is 2.74. The molecule has 6 nitrogen and oxygen atoms in total. The number of urea groups is 1. The van der Waals surface area contributed by atoms with Crippen LogP contribution in [0.15, 0.2) is 5.38 Å². The Morgan fingerprint density at radius 3 is 2.68 bits per heavy atom. The minimum Gasteiger partial charge on any atom is -0.481 e. The number of nitrogens with one attached hydrogen (secondary N) is 2. The van der Waals surface area contributed by atoms with Crippen molar-refractivity contribution in [3.63, 3.8) is 0 Å². The van der Waals surface area contributed by atoms with Gasteiger partial charge in [0, 0.05) is 31.3 Å². The zero-order valence-electron chi connectivity index (χ0n) is 10.9. The fourth-order valence-electron chi connectivity index (χ4n) is 1.49. The summed E-state index contributed by atoms with van der Waals surface area (Å²) in [5, 5.41) is 16.9. The van der Waals surface area contributed by atoms with Gasteiger partial charge >= 0.3 is 12.0 Å². The van der Waals surface area contributed by atoms with E-state index >= 15 is 0 Å². The van der Waals surface area contributed by atoms with Crippen LogP contribution in [-0.2, 0) is 11.2 Å². The smallest absolute Gasteiger partial charge is 0.314 e. The molecule has 0 aromatic carbocycles. The second-order valence-electron chi connectivity index (χ2n) is 4.14. The van der Waals surface area contributed by atoms with Gasteiger partial charge in [-0.1, -0.05) is 0 Å². The van der Waals surface area contributed by atoms with Crippen LogP contribution >= 0.6 is 11.3 Å². The highest BCUT2D eigenvalue weighted by Gasteiger charge is 2.02. The molecule has 1 aromatic rings. The molecular formula is C12H19N3O3S. The lowest BCUT2D eigenvalue weighted by Crippen LogP contribution is -2.37. The summed E-state index contributed by atoms with van der Waals surface area (Å²) in [7, 11) is 0. The lowest BCUT2D eigenvalue weighted by atomic mass is 10.2. The molecule has 19 heavy (non-hydrogen) atoms. The molecule has 0 atom stereocenters. The second kappa shape index (κ2) is 8.47. The number of thiazole rings is 1. The van der Waals surface area contributed by atoms with E-state index in [-0.39, 0.29) is 12.5 Å². The molecule has 0 aliphatic rings. The Morgan fingerprint density at radius 2 is 2.05 bits per heavy atom. The lowest BCUT2D eigenvalue weighted by molar-refractivity contribution is -0.137. The maximum atomic E-state index is 11.4. The summed E-state index contributed by atoms with van der Waals surface area (Å²) in [5.74, 6) is -0.803. The molecule has 0 spiro atoms. The standard InChI is InChI=1S/C12H19N3O3S/c1-9-15-10(8-19-9)5-7-14-12(18)13-6-3-2-4-11(16)17/h8H,2-7H2,1H3,(H,16,17)(H2,13,14,18). The van der Waals surface area contributed by atoms with E-state index in [9.17, 15) is 9.59 Å². The molecule has 0 bridgehead atoms. The minimum absolute atomic E-state index is 0.145. The molecule has 0 aliphatic carbocycles. The fraction of sp³-hybridized carbons (Fsp3) is 0.583. The third-order valence-corrected chi connectivity index (χ3v) is 3.26. The highest BCUT2D eigenvalue weighted by atomic mass is 32.1. The van der Waals surface area contributed by atoms with Gasteiger partial charge in [-0.2, -0.15) is 0 Å². The Hall–Kier alpha value is -1.63. The molecule has 7 heteroatoms. The van der Waals surface area contributed by atoms with Gasteiger partial charge in [0.25, 0.3) is 0 Å². The molecule has 1 rings (SSSR count). The van der Waals surface area contributed by atoms with Gasteiger partial charge in [0.05, 0.1) is 10.7 Å². The van der Waals surface area contributed by atoms with Crippen LogP contribution in [-0.4, -0.2) is 35.2 Å². The van der Waals surface area contributed by atoms with Crippen molar-refractivity contribution in [2.45, 2.75) is 32.6 Å². The molecular weight excluding hydrogens is 266 g/mol. The van der Waals surface area contributed by atoms with Gasteiger partial charge in [-0.25, -0.2) is 9.78 Å². The fourth-order valence-corrected chi connectivity index (χ4v) is 2.14. The summed E-state index contributed by atoms with van der Waals surface area (Å²) >= 11 is 1.60. The summed E-state index contributed by atoms with van der Waals surface area (Å²) in [5.41, 5.74) is 0.990. The van der Waals surface area contributed by atoms with Crippen LogP contribution in [0.2, 0.25) is 0 Å². The predicted octanol–water partition coefficient (Wildman–Crippen LogP) is 1.55. The summed E-state index contributed by atoms with van der Waals surface area (Å²) in [6.07, 6.45) is 2.11. The molecule has 0 saturated carbocycles. The lowest BCUT2D eigenvalue weighted by Gasteiger charge is -2.06. The van der Waals surface area contributed by atoms with Gasteiger partial charge in [-0.05, 0) is 19.8 Å². The van der Waals surface area contributed by atoms with Crippen LogP contribution < -0.4 is 10.6 Å². The second-order valence-corrected chi connectivity index (χ2v) is 5.20. The van der Waals surface area contributed by atoms with Gasteiger partial charge in [0.15, 0.2) is 0 Å². The predicted molar refractivity (Wildman–Crippen MR) is 73.4 cm³/mol. The molecule has 106 valence electrons. The minimum atomic E-state index is -0.803. The van der Waals surface area contributed by atoms with Gasteiger partial charge in [0.2, 0.25) is 0 Å². The first-order valence-corrected chi connectivity index (χ1v) is 7.10. The van der Waals surface area contributed by atoms with Crippen molar-refractivity contribution in [1.82, 2.24) is 15.6 Å². The van der Waals surface area contributed by atoms with Crippen LogP contribution in [0.25, 0.3) is 0 Å². The maximum absolute atomic E-state index is 11.4. The van der Waals surface area contributed by atoms with Crippen LogP contribution in [0, 0.1) is 6.92 Å². The first kappa shape index (κ1) is 15.4. The van der Waals surface area contributed by atoms with E-state index in [1.165, 1.54) is 0 Å². The summed E-state index contributed by atoms with van der Waals surface area (Å²) < 4.78 is 0. The summed E-state index contributed by atoms with van der Waals surface area (Å²) in [6, 6.07) is -0.220. The van der Waals surface area contributed by atoms with Crippen molar-refractivity contribution in [1.29, 1.82) is 0 Å². The molecule has 0 fully saturated rings. The van der Waals surface area contributed by atoms with E-state index in [1.54, 1.807) is 11.3 Å². The number of unbranched alkanes of at least 4 members (excludes halogenated alkanes) is 1. The molecule has 3 N–H and O–H groups in total. The number of hydrogen-bond donors (Lipinski definition) is 3. The van der Waals surface area contributed by atoms with E-state index in [1.807, 2.05) is 12.3 Å². The molecule has 0 saturated heterocycles. The number of carboxylic acid groups (broad SMARTS) is 1. The number of carbonyl (C=O) groups is 2. The molecule has 0 aliphatic heterocycles. The molecule has 1 aromatic heterocycles. The Morgan fingerprint density at radius 1 is 1.32 bits per heavy atom. The van der Waals surface area contributed by atoms with E-state index in [0.717, 1.165) is 17.1 Å². The Balaban J connectivity index is 2.00. The highest BCUT2D eigenvalue weighted by Crippen LogP contribution is 2.07. The maximum Gasteiger partial charge on any atom is 0.314 e. The number of rotatable bonds is 8. The zero-order valence-corrected chi connectivity index (χ0v) is 11.8. The van der Waals surface area contributed by atoms with Crippen molar-refractivity contribution in [2.75, 3.05) is 13.1 Å². The van der Waals surface area contributed by atoms with E-state index in [4.69, 9.17) is 5.11 Å². The van der Waals surface area contributed by atoms with E-state index in [0.29, 0.717) is 25.9 Å². The Bertz CT molecular complexity index is 420. The normalized spacial score (nSPS) is 10.2. The quantitative estimate of drug-likeness (QED) is 0.632.